The first-order valence-electron chi connectivity index (χ1n) is 7.42. The number of H-pyrrole nitrogens is 1. The van der Waals surface area contributed by atoms with Crippen molar-refractivity contribution in [2.75, 3.05) is 30.8 Å². The van der Waals surface area contributed by atoms with E-state index in [2.05, 4.69) is 33.1 Å². The molecule has 3 N–H and O–H groups in total. The standard InChI is InChI=1S/C15H21N5/c1-19-11-2-3-12(19)9-20(5-4-11)15-7-14-10(6-13(15)16)8-17-18-14/h6-8,11-12H,2-5,9,16H2,1H3,(H,17,18). The Labute approximate surface area is 118 Å². The summed E-state index contributed by atoms with van der Waals surface area (Å²) in [6.07, 6.45) is 5.72. The number of hydrogen-bond donors (Lipinski definition) is 2. The van der Waals surface area contributed by atoms with Gasteiger partial charge in [-0.3, -0.25) is 10.00 Å². The second kappa shape index (κ2) is 4.38. The topological polar surface area (TPSA) is 61.2 Å². The van der Waals surface area contributed by atoms with E-state index in [0.717, 1.165) is 41.4 Å². The molecular weight excluding hydrogens is 250 g/mol. The van der Waals surface area contributed by atoms with Gasteiger partial charge in [0.2, 0.25) is 0 Å². The van der Waals surface area contributed by atoms with Crippen LogP contribution >= 0.6 is 0 Å². The van der Waals surface area contributed by atoms with E-state index in [0.29, 0.717) is 6.04 Å². The van der Waals surface area contributed by atoms with E-state index in [1.165, 1.54) is 19.3 Å². The summed E-state index contributed by atoms with van der Waals surface area (Å²) in [7, 11) is 2.27. The number of fused-ring (bicyclic) bond motifs is 3. The van der Waals surface area contributed by atoms with E-state index in [1.54, 1.807) is 0 Å². The summed E-state index contributed by atoms with van der Waals surface area (Å²) in [6, 6.07) is 5.60. The van der Waals surface area contributed by atoms with Gasteiger partial charge in [-0.05, 0) is 38.4 Å². The first-order valence-corrected chi connectivity index (χ1v) is 7.42. The van der Waals surface area contributed by atoms with Crippen molar-refractivity contribution in [1.82, 2.24) is 15.1 Å². The van der Waals surface area contributed by atoms with Crippen LogP contribution in [0.25, 0.3) is 10.9 Å². The molecule has 4 rings (SSSR count). The van der Waals surface area contributed by atoms with Crippen molar-refractivity contribution < 1.29 is 0 Å². The van der Waals surface area contributed by atoms with E-state index in [1.807, 2.05) is 12.3 Å². The molecule has 0 amide bonds. The first-order chi connectivity index (χ1) is 9.72. The summed E-state index contributed by atoms with van der Waals surface area (Å²) >= 11 is 0. The second-order valence-electron chi connectivity index (χ2n) is 6.15. The molecule has 0 spiro atoms. The van der Waals surface area contributed by atoms with Gasteiger partial charge in [0, 0.05) is 30.6 Å². The zero-order valence-corrected chi connectivity index (χ0v) is 11.8. The molecule has 2 unspecified atom stereocenters. The van der Waals surface area contributed by atoms with E-state index in [9.17, 15) is 0 Å². The van der Waals surface area contributed by atoms with E-state index < -0.39 is 0 Å². The number of rotatable bonds is 1. The minimum Gasteiger partial charge on any atom is -0.397 e. The highest BCUT2D eigenvalue weighted by molar-refractivity contribution is 5.88. The van der Waals surface area contributed by atoms with Gasteiger partial charge in [-0.1, -0.05) is 0 Å². The molecule has 1 aromatic heterocycles. The van der Waals surface area contributed by atoms with Crippen molar-refractivity contribution in [3.05, 3.63) is 18.3 Å². The van der Waals surface area contributed by atoms with Crippen LogP contribution in [0.4, 0.5) is 11.4 Å². The van der Waals surface area contributed by atoms with Crippen molar-refractivity contribution in [1.29, 1.82) is 0 Å². The Balaban J connectivity index is 1.70. The van der Waals surface area contributed by atoms with Gasteiger partial charge < -0.3 is 10.6 Å². The van der Waals surface area contributed by atoms with Crippen molar-refractivity contribution in [2.24, 2.45) is 0 Å². The fourth-order valence-corrected chi connectivity index (χ4v) is 3.80. The van der Waals surface area contributed by atoms with E-state index >= 15 is 0 Å². The van der Waals surface area contributed by atoms with Gasteiger partial charge in [0.25, 0.3) is 0 Å². The van der Waals surface area contributed by atoms with Gasteiger partial charge in [-0.2, -0.15) is 5.10 Å². The average Bonchev–Trinajstić information content (AvgIpc) is 2.94. The Kier molecular flexibility index (Phi) is 2.63. The molecule has 5 heteroatoms. The number of nitrogens with one attached hydrogen (secondary N) is 1. The Morgan fingerprint density at radius 1 is 1.25 bits per heavy atom. The predicted molar refractivity (Wildman–Crippen MR) is 81.9 cm³/mol. The normalized spacial score (nSPS) is 27.1. The lowest BCUT2D eigenvalue weighted by atomic mass is 10.1. The number of anilines is 2. The highest BCUT2D eigenvalue weighted by atomic mass is 15.3. The second-order valence-corrected chi connectivity index (χ2v) is 6.15. The Hall–Kier alpha value is -1.75. The molecule has 5 nitrogen and oxygen atoms in total. The van der Waals surface area contributed by atoms with Gasteiger partial charge in [0.1, 0.15) is 0 Å². The molecule has 2 bridgehead atoms. The SMILES string of the molecule is CN1C2CCC1CN(c1cc3[nH]ncc3cc1N)CC2. The molecular formula is C15H21N5. The van der Waals surface area contributed by atoms with Crippen LogP contribution in [0.15, 0.2) is 18.3 Å². The third kappa shape index (κ3) is 1.77. The fraction of sp³-hybridized carbons (Fsp3) is 0.533. The molecule has 2 fully saturated rings. The Bertz CT molecular complexity index is 634. The van der Waals surface area contributed by atoms with Gasteiger partial charge >= 0.3 is 0 Å². The molecule has 2 aliphatic rings. The molecule has 2 aliphatic heterocycles. The van der Waals surface area contributed by atoms with E-state index in [4.69, 9.17) is 5.73 Å². The number of aromatic amines is 1. The van der Waals surface area contributed by atoms with Crippen LogP contribution in [-0.4, -0.2) is 47.3 Å². The smallest absolute Gasteiger partial charge is 0.0672 e. The number of hydrogen-bond acceptors (Lipinski definition) is 4. The zero-order valence-electron chi connectivity index (χ0n) is 11.8. The molecule has 20 heavy (non-hydrogen) atoms. The number of benzene rings is 1. The molecule has 2 aromatic rings. The van der Waals surface area contributed by atoms with Crippen molar-refractivity contribution in [3.63, 3.8) is 0 Å². The predicted octanol–water partition coefficient (Wildman–Crippen LogP) is 1.82. The maximum absolute atomic E-state index is 6.26. The molecule has 0 radical (unpaired) electrons. The number of likely N-dealkylation sites (N-methyl/N-ethyl adjacent to an activating group) is 1. The lowest BCUT2D eigenvalue weighted by molar-refractivity contribution is 0.254. The molecule has 2 saturated heterocycles. The highest BCUT2D eigenvalue weighted by Gasteiger charge is 2.35. The fourth-order valence-electron chi connectivity index (χ4n) is 3.80. The minimum atomic E-state index is 0.666. The summed E-state index contributed by atoms with van der Waals surface area (Å²) in [5.41, 5.74) is 9.35. The molecule has 1 aromatic carbocycles. The average molecular weight is 271 g/mol. The maximum atomic E-state index is 6.26. The number of nitrogen functional groups attached to an aromatic ring is 1. The third-order valence-electron chi connectivity index (χ3n) is 5.08. The number of aromatic nitrogens is 2. The van der Waals surface area contributed by atoms with Crippen LogP contribution in [-0.2, 0) is 0 Å². The molecule has 0 saturated carbocycles. The maximum Gasteiger partial charge on any atom is 0.0672 e. The monoisotopic (exact) mass is 271 g/mol. The largest absolute Gasteiger partial charge is 0.397 e. The van der Waals surface area contributed by atoms with Gasteiger partial charge in [-0.15, -0.1) is 0 Å². The molecule has 0 aliphatic carbocycles. The Morgan fingerprint density at radius 2 is 2.10 bits per heavy atom. The van der Waals surface area contributed by atoms with Crippen LogP contribution in [0, 0.1) is 0 Å². The van der Waals surface area contributed by atoms with Crippen LogP contribution in [0.5, 0.6) is 0 Å². The van der Waals surface area contributed by atoms with Crippen LogP contribution in [0.2, 0.25) is 0 Å². The lowest BCUT2D eigenvalue weighted by Crippen LogP contribution is -2.36. The quantitative estimate of drug-likeness (QED) is 0.777. The number of nitrogens with two attached hydrogens (primary N) is 1. The lowest BCUT2D eigenvalue weighted by Gasteiger charge is -2.28. The van der Waals surface area contributed by atoms with Crippen LogP contribution < -0.4 is 10.6 Å². The third-order valence-corrected chi connectivity index (χ3v) is 5.08. The van der Waals surface area contributed by atoms with E-state index in [-0.39, 0.29) is 0 Å². The molecule has 106 valence electrons. The van der Waals surface area contributed by atoms with Crippen LogP contribution in [0.3, 0.4) is 0 Å². The van der Waals surface area contributed by atoms with Gasteiger partial charge in [-0.25, -0.2) is 0 Å². The van der Waals surface area contributed by atoms with Crippen molar-refractivity contribution in [2.45, 2.75) is 31.3 Å². The Morgan fingerprint density at radius 3 is 3.00 bits per heavy atom. The summed E-state index contributed by atoms with van der Waals surface area (Å²) in [5.74, 6) is 0. The van der Waals surface area contributed by atoms with Gasteiger partial charge in [0.05, 0.1) is 23.1 Å². The zero-order chi connectivity index (χ0) is 13.7. The summed E-state index contributed by atoms with van der Waals surface area (Å²) in [4.78, 5) is 5.01. The number of nitrogens with zero attached hydrogens (tertiary/aromatic N) is 3. The van der Waals surface area contributed by atoms with Gasteiger partial charge in [0.15, 0.2) is 0 Å². The van der Waals surface area contributed by atoms with Crippen molar-refractivity contribution in [3.8, 4) is 0 Å². The summed E-state index contributed by atoms with van der Waals surface area (Å²) in [6.45, 7) is 2.17. The highest BCUT2D eigenvalue weighted by Crippen LogP contribution is 2.34. The minimum absolute atomic E-state index is 0.666. The van der Waals surface area contributed by atoms with Crippen LogP contribution in [0.1, 0.15) is 19.3 Å². The molecule has 3 heterocycles. The summed E-state index contributed by atoms with van der Waals surface area (Å²) in [5, 5.41) is 8.22. The first kappa shape index (κ1) is 12.0. The van der Waals surface area contributed by atoms with Crippen molar-refractivity contribution >= 4 is 22.3 Å². The summed E-state index contributed by atoms with van der Waals surface area (Å²) < 4.78 is 0. The molecule has 2 atom stereocenters.